The zero-order chi connectivity index (χ0) is 22.2. The smallest absolute Gasteiger partial charge is 0.275 e. The van der Waals surface area contributed by atoms with Gasteiger partial charge in [0, 0.05) is 54.4 Å². The molecule has 0 unspecified atom stereocenters. The van der Waals surface area contributed by atoms with E-state index in [1.165, 1.54) is 0 Å². The molecular formula is C24H22N4O4. The molecule has 32 heavy (non-hydrogen) atoms. The van der Waals surface area contributed by atoms with Crippen molar-refractivity contribution in [2.45, 2.75) is 0 Å². The zero-order valence-electron chi connectivity index (χ0n) is 17.6. The van der Waals surface area contributed by atoms with Crippen molar-refractivity contribution in [1.29, 1.82) is 0 Å². The molecule has 3 amide bonds. The Bertz CT molecular complexity index is 1250. The van der Waals surface area contributed by atoms with Gasteiger partial charge in [0.2, 0.25) is 0 Å². The van der Waals surface area contributed by atoms with E-state index in [0.717, 1.165) is 10.9 Å². The molecule has 3 aromatic rings. The first kappa shape index (κ1) is 19.9. The molecule has 1 saturated heterocycles. The molecule has 2 aliphatic rings. The minimum Gasteiger partial charge on any atom is -0.497 e. The van der Waals surface area contributed by atoms with Crippen molar-refractivity contribution in [2.75, 3.05) is 33.3 Å². The maximum Gasteiger partial charge on any atom is 0.275 e. The van der Waals surface area contributed by atoms with Crippen molar-refractivity contribution in [2.24, 2.45) is 0 Å². The lowest BCUT2D eigenvalue weighted by Crippen LogP contribution is -2.49. The van der Waals surface area contributed by atoms with Gasteiger partial charge in [0.1, 0.15) is 11.4 Å². The Morgan fingerprint density at radius 1 is 0.938 bits per heavy atom. The van der Waals surface area contributed by atoms with Crippen LogP contribution < -0.4 is 10.1 Å². The summed E-state index contributed by atoms with van der Waals surface area (Å²) in [6.45, 7) is 1.83. The van der Waals surface area contributed by atoms with Gasteiger partial charge in [-0.25, -0.2) is 0 Å². The highest BCUT2D eigenvalue weighted by Gasteiger charge is 2.37. The number of ether oxygens (including phenoxy) is 1. The number of aromatic amines is 1. The normalized spacial score (nSPS) is 16.7. The highest BCUT2D eigenvalue weighted by Crippen LogP contribution is 2.32. The number of methoxy groups -OCH3 is 1. The van der Waals surface area contributed by atoms with E-state index in [4.69, 9.17) is 4.74 Å². The van der Waals surface area contributed by atoms with Crippen LogP contribution in [0.25, 0.3) is 16.5 Å². The highest BCUT2D eigenvalue weighted by atomic mass is 16.5. The van der Waals surface area contributed by atoms with Gasteiger partial charge in [-0.05, 0) is 30.3 Å². The Balaban J connectivity index is 1.39. The quantitative estimate of drug-likeness (QED) is 0.618. The molecule has 0 spiro atoms. The van der Waals surface area contributed by atoms with Crippen LogP contribution in [0.3, 0.4) is 0 Å². The van der Waals surface area contributed by atoms with E-state index in [1.807, 2.05) is 29.2 Å². The van der Waals surface area contributed by atoms with E-state index in [9.17, 15) is 14.4 Å². The number of carbonyl (C=O) groups is 3. The predicted octanol–water partition coefficient (Wildman–Crippen LogP) is 2.00. The number of rotatable bonds is 4. The second-order valence-corrected chi connectivity index (χ2v) is 7.76. The maximum atomic E-state index is 12.9. The Hall–Kier alpha value is -4.07. The van der Waals surface area contributed by atoms with Crippen LogP contribution in [0.4, 0.5) is 0 Å². The fourth-order valence-corrected chi connectivity index (χ4v) is 4.33. The summed E-state index contributed by atoms with van der Waals surface area (Å²) in [5, 5.41) is 3.33. The number of nitrogens with one attached hydrogen (secondary N) is 2. The molecule has 0 aliphatic carbocycles. The molecule has 2 aliphatic heterocycles. The Labute approximate surface area is 184 Å². The molecule has 1 aromatic heterocycles. The summed E-state index contributed by atoms with van der Waals surface area (Å²) in [4.78, 5) is 45.1. The number of H-pyrrole nitrogens is 1. The van der Waals surface area contributed by atoms with Crippen LogP contribution in [0.1, 0.15) is 15.9 Å². The molecule has 3 heterocycles. The fraction of sp³-hybridized carbons (Fsp3) is 0.208. The van der Waals surface area contributed by atoms with Gasteiger partial charge in [0.25, 0.3) is 17.7 Å². The summed E-state index contributed by atoms with van der Waals surface area (Å²) in [6, 6.07) is 14.7. The van der Waals surface area contributed by atoms with Crippen LogP contribution in [0.2, 0.25) is 0 Å². The average Bonchev–Trinajstić information content (AvgIpc) is 3.38. The van der Waals surface area contributed by atoms with Crippen LogP contribution >= 0.6 is 0 Å². The SMILES string of the molecule is COc1ccc(C(=O)N2CCN(C3=C(c4c[nH]c5ccccc45)C(=O)NC3=O)CC2)cc1. The second kappa shape index (κ2) is 7.88. The van der Waals surface area contributed by atoms with Gasteiger partial charge in [0.15, 0.2) is 0 Å². The minimum absolute atomic E-state index is 0.0647. The predicted molar refractivity (Wildman–Crippen MR) is 119 cm³/mol. The lowest BCUT2D eigenvalue weighted by molar-refractivity contribution is -0.124. The average molecular weight is 430 g/mol. The number of para-hydroxylation sites is 1. The van der Waals surface area contributed by atoms with Gasteiger partial charge < -0.3 is 19.5 Å². The molecule has 0 radical (unpaired) electrons. The molecule has 1 fully saturated rings. The number of piperazine rings is 1. The summed E-state index contributed by atoms with van der Waals surface area (Å²) >= 11 is 0. The molecule has 8 heteroatoms. The van der Waals surface area contributed by atoms with Crippen molar-refractivity contribution in [1.82, 2.24) is 20.1 Å². The zero-order valence-corrected chi connectivity index (χ0v) is 17.6. The van der Waals surface area contributed by atoms with Gasteiger partial charge in [0.05, 0.1) is 12.7 Å². The van der Waals surface area contributed by atoms with Gasteiger partial charge in [-0.1, -0.05) is 18.2 Å². The number of fused-ring (bicyclic) bond motifs is 1. The summed E-state index contributed by atoms with van der Waals surface area (Å²) in [5.41, 5.74) is 2.94. The molecule has 2 N–H and O–H groups in total. The van der Waals surface area contributed by atoms with Crippen LogP contribution in [-0.4, -0.2) is 65.8 Å². The third-order valence-electron chi connectivity index (χ3n) is 5.98. The van der Waals surface area contributed by atoms with Gasteiger partial charge >= 0.3 is 0 Å². The van der Waals surface area contributed by atoms with E-state index in [1.54, 1.807) is 42.5 Å². The van der Waals surface area contributed by atoms with Crippen molar-refractivity contribution in [3.63, 3.8) is 0 Å². The third-order valence-corrected chi connectivity index (χ3v) is 5.98. The maximum absolute atomic E-state index is 12.9. The summed E-state index contributed by atoms with van der Waals surface area (Å²) in [6.07, 6.45) is 1.77. The molecule has 162 valence electrons. The molecule has 5 rings (SSSR count). The Morgan fingerprint density at radius 3 is 2.38 bits per heavy atom. The molecule has 2 aromatic carbocycles. The number of hydrogen-bond donors (Lipinski definition) is 2. The number of aromatic nitrogens is 1. The largest absolute Gasteiger partial charge is 0.497 e. The Morgan fingerprint density at radius 2 is 1.66 bits per heavy atom. The fourth-order valence-electron chi connectivity index (χ4n) is 4.33. The van der Waals surface area contributed by atoms with E-state index < -0.39 is 11.8 Å². The van der Waals surface area contributed by atoms with Crippen molar-refractivity contribution in [3.8, 4) is 5.75 Å². The number of benzene rings is 2. The van der Waals surface area contributed by atoms with Gasteiger partial charge in [-0.3, -0.25) is 19.7 Å². The lowest BCUT2D eigenvalue weighted by atomic mass is 10.0. The van der Waals surface area contributed by atoms with Crippen molar-refractivity contribution >= 4 is 34.2 Å². The van der Waals surface area contributed by atoms with Crippen LogP contribution in [0, 0.1) is 0 Å². The topological polar surface area (TPSA) is 94.7 Å². The van der Waals surface area contributed by atoms with E-state index in [-0.39, 0.29) is 5.91 Å². The number of hydrogen-bond acceptors (Lipinski definition) is 5. The number of nitrogens with zero attached hydrogens (tertiary/aromatic N) is 2. The first-order chi connectivity index (χ1) is 15.6. The minimum atomic E-state index is -0.398. The van der Waals surface area contributed by atoms with Gasteiger partial charge in [-0.2, -0.15) is 0 Å². The number of imide groups is 1. The first-order valence-corrected chi connectivity index (χ1v) is 10.4. The van der Waals surface area contributed by atoms with Crippen LogP contribution in [-0.2, 0) is 9.59 Å². The Kier molecular flexibility index (Phi) is 4.89. The lowest BCUT2D eigenvalue weighted by Gasteiger charge is -2.36. The van der Waals surface area contributed by atoms with E-state index in [0.29, 0.717) is 54.3 Å². The molecule has 0 bridgehead atoms. The van der Waals surface area contributed by atoms with Gasteiger partial charge in [-0.15, -0.1) is 0 Å². The standard InChI is InChI=1S/C24H22N4O4/c1-32-16-8-6-15(7-9-16)24(31)28-12-10-27(11-13-28)21-20(22(29)26-23(21)30)18-14-25-19-5-3-2-4-17(18)19/h2-9,14,25H,10-13H2,1H3,(H,26,29,30). The number of carbonyl (C=O) groups excluding carboxylic acids is 3. The second-order valence-electron chi connectivity index (χ2n) is 7.76. The monoisotopic (exact) mass is 430 g/mol. The third kappa shape index (κ3) is 3.30. The van der Waals surface area contributed by atoms with E-state index in [2.05, 4.69) is 10.3 Å². The summed E-state index contributed by atoms with van der Waals surface area (Å²) < 4.78 is 5.15. The number of amides is 3. The molecule has 0 atom stereocenters. The molecule has 8 nitrogen and oxygen atoms in total. The highest BCUT2D eigenvalue weighted by molar-refractivity contribution is 6.37. The molecular weight excluding hydrogens is 408 g/mol. The van der Waals surface area contributed by atoms with E-state index >= 15 is 0 Å². The first-order valence-electron chi connectivity index (χ1n) is 10.4. The van der Waals surface area contributed by atoms with Crippen molar-refractivity contribution < 1.29 is 19.1 Å². The van der Waals surface area contributed by atoms with Crippen molar-refractivity contribution in [3.05, 3.63) is 71.6 Å². The summed E-state index contributed by atoms with van der Waals surface area (Å²) in [7, 11) is 1.58. The van der Waals surface area contributed by atoms with Crippen LogP contribution in [0.15, 0.2) is 60.4 Å². The van der Waals surface area contributed by atoms with Crippen LogP contribution in [0.5, 0.6) is 5.75 Å². The summed E-state index contributed by atoms with van der Waals surface area (Å²) in [5.74, 6) is -0.165. The molecule has 0 saturated carbocycles.